The number of carbonyl (C=O) groups is 2. The molecule has 166 valence electrons. The van der Waals surface area contributed by atoms with Crippen LogP contribution in [0.2, 0.25) is 0 Å². The van der Waals surface area contributed by atoms with Gasteiger partial charge in [-0.25, -0.2) is 4.79 Å². The summed E-state index contributed by atoms with van der Waals surface area (Å²) in [7, 11) is 0.152. The van der Waals surface area contributed by atoms with Gasteiger partial charge in [0.1, 0.15) is 37.6 Å². The molecule has 0 aromatic rings. The van der Waals surface area contributed by atoms with E-state index in [-0.39, 0.29) is 40.2 Å². The SMILES string of the molecule is CCP=O.CC[P+](=O)CC(=O)OCC1C(=O)CC(OCOC)C2OC(C)(C)OC12. The van der Waals surface area contributed by atoms with Gasteiger partial charge in [-0.2, -0.15) is 0 Å². The van der Waals surface area contributed by atoms with Gasteiger partial charge in [-0.3, -0.25) is 9.36 Å². The smallest absolute Gasteiger partial charge is 0.354 e. The van der Waals surface area contributed by atoms with E-state index in [1.165, 1.54) is 7.11 Å². The Bertz CT molecular complexity index is 582. The predicted octanol–water partition coefficient (Wildman–Crippen LogP) is 2.77. The standard InChI is InChI=1S/C16H26O8P.C2H5OP/c1-5-25(19)8-13(18)21-7-10-11(17)6-12(22-9-20-4)15-14(10)23-16(2,3)24-15;1-2-4-3/h10,12,14-15H,5-9H2,1-4H3;2H2,1H3/q+1;. The molecule has 0 amide bonds. The van der Waals surface area contributed by atoms with E-state index in [1.807, 2.05) is 6.92 Å². The molecule has 5 atom stereocenters. The molecule has 1 heterocycles. The highest BCUT2D eigenvalue weighted by molar-refractivity contribution is 7.45. The maximum absolute atomic E-state index is 12.5. The number of carbonyl (C=O) groups excluding carboxylic acids is 2. The molecule has 0 radical (unpaired) electrons. The number of fused-ring (bicyclic) bond motifs is 1. The van der Waals surface area contributed by atoms with Gasteiger partial charge in [-0.05, 0) is 20.8 Å². The van der Waals surface area contributed by atoms with Crippen molar-refractivity contribution in [3.8, 4) is 0 Å². The predicted molar refractivity (Wildman–Crippen MR) is 106 cm³/mol. The quantitative estimate of drug-likeness (QED) is 0.295. The van der Waals surface area contributed by atoms with Gasteiger partial charge in [0.25, 0.3) is 0 Å². The van der Waals surface area contributed by atoms with Crippen molar-refractivity contribution in [2.45, 2.75) is 58.2 Å². The minimum atomic E-state index is -1.60. The number of esters is 1. The molecule has 5 unspecified atom stereocenters. The second-order valence-electron chi connectivity index (χ2n) is 7.04. The van der Waals surface area contributed by atoms with Crippen molar-refractivity contribution < 1.29 is 42.4 Å². The summed E-state index contributed by atoms with van der Waals surface area (Å²) in [6.45, 7) is 7.06. The van der Waals surface area contributed by atoms with Gasteiger partial charge < -0.3 is 23.7 Å². The summed E-state index contributed by atoms with van der Waals surface area (Å²) in [5.74, 6) is -2.17. The Hall–Kier alpha value is -0.820. The summed E-state index contributed by atoms with van der Waals surface area (Å²) in [6.07, 6.45) is -0.328. The molecule has 1 saturated heterocycles. The van der Waals surface area contributed by atoms with Crippen LogP contribution >= 0.6 is 16.3 Å². The molecule has 2 fully saturated rings. The Balaban J connectivity index is 0.000000960. The van der Waals surface area contributed by atoms with E-state index >= 15 is 0 Å². The first-order chi connectivity index (χ1) is 13.7. The summed E-state index contributed by atoms with van der Waals surface area (Å²) >= 11 is 0. The van der Waals surface area contributed by atoms with E-state index in [0.29, 0.717) is 6.16 Å². The van der Waals surface area contributed by atoms with Gasteiger partial charge in [0.05, 0.1) is 12.0 Å². The fourth-order valence-electron chi connectivity index (χ4n) is 3.05. The fraction of sp³-hybridized carbons (Fsp3) is 0.889. The largest absolute Gasteiger partial charge is 0.462 e. The Labute approximate surface area is 174 Å². The van der Waals surface area contributed by atoms with Crippen LogP contribution in [0.3, 0.4) is 0 Å². The molecular weight excluding hydrogens is 422 g/mol. The van der Waals surface area contributed by atoms with E-state index in [1.54, 1.807) is 20.8 Å². The minimum Gasteiger partial charge on any atom is -0.462 e. The molecule has 1 saturated carbocycles. The molecule has 1 aliphatic carbocycles. The van der Waals surface area contributed by atoms with Crippen molar-refractivity contribution in [3.05, 3.63) is 0 Å². The monoisotopic (exact) mass is 453 g/mol. The van der Waals surface area contributed by atoms with Gasteiger partial charge in [-0.1, -0.05) is 11.5 Å². The molecule has 0 N–H and O–H groups in total. The first-order valence-corrected chi connectivity index (χ1v) is 12.2. The van der Waals surface area contributed by atoms with E-state index < -0.39 is 43.8 Å². The second kappa shape index (κ2) is 12.8. The molecule has 11 heteroatoms. The van der Waals surface area contributed by atoms with Crippen molar-refractivity contribution in [1.29, 1.82) is 0 Å². The highest BCUT2D eigenvalue weighted by atomic mass is 31.1. The summed E-state index contributed by atoms with van der Waals surface area (Å²) in [6, 6.07) is 0. The van der Waals surface area contributed by atoms with Gasteiger partial charge in [0, 0.05) is 19.7 Å². The van der Waals surface area contributed by atoms with Crippen molar-refractivity contribution in [1.82, 2.24) is 0 Å². The molecule has 1 aliphatic heterocycles. The topological polar surface area (TPSA) is 114 Å². The zero-order chi connectivity index (χ0) is 22.0. The van der Waals surface area contributed by atoms with Gasteiger partial charge in [-0.15, -0.1) is 0 Å². The van der Waals surface area contributed by atoms with Gasteiger partial charge in [0.15, 0.2) is 14.2 Å². The van der Waals surface area contributed by atoms with Crippen LogP contribution in [0.4, 0.5) is 0 Å². The van der Waals surface area contributed by atoms with Crippen molar-refractivity contribution in [2.24, 2.45) is 5.92 Å². The van der Waals surface area contributed by atoms with Crippen molar-refractivity contribution in [3.63, 3.8) is 0 Å². The van der Waals surface area contributed by atoms with Crippen molar-refractivity contribution in [2.75, 3.05) is 39.0 Å². The molecular formula is C18H31O9P2+. The summed E-state index contributed by atoms with van der Waals surface area (Å²) in [4.78, 5) is 24.3. The van der Waals surface area contributed by atoms with Crippen LogP contribution in [0.25, 0.3) is 0 Å². The molecule has 9 nitrogen and oxygen atoms in total. The van der Waals surface area contributed by atoms with E-state index in [2.05, 4.69) is 0 Å². The number of ether oxygens (including phenoxy) is 5. The summed E-state index contributed by atoms with van der Waals surface area (Å²) in [5, 5.41) is 0. The van der Waals surface area contributed by atoms with E-state index in [9.17, 15) is 18.7 Å². The second-order valence-corrected chi connectivity index (χ2v) is 9.84. The molecule has 0 bridgehead atoms. The lowest BCUT2D eigenvalue weighted by molar-refractivity contribution is -0.171. The number of methoxy groups -OCH3 is 1. The highest BCUT2D eigenvalue weighted by Crippen LogP contribution is 2.40. The zero-order valence-electron chi connectivity index (χ0n) is 17.6. The first kappa shape index (κ1) is 26.2. The van der Waals surface area contributed by atoms with Crippen LogP contribution in [-0.2, 0) is 42.4 Å². The van der Waals surface area contributed by atoms with E-state index in [0.717, 1.165) is 6.16 Å². The zero-order valence-corrected chi connectivity index (χ0v) is 19.4. The molecule has 0 aromatic heterocycles. The number of rotatable bonds is 9. The van der Waals surface area contributed by atoms with Crippen LogP contribution in [0.5, 0.6) is 0 Å². The number of hydrogen-bond donors (Lipinski definition) is 0. The molecule has 2 rings (SSSR count). The minimum absolute atomic E-state index is 0.0503. The van der Waals surface area contributed by atoms with Crippen molar-refractivity contribution >= 4 is 28.0 Å². The van der Waals surface area contributed by atoms with Crippen LogP contribution in [0.1, 0.15) is 34.1 Å². The molecule has 29 heavy (non-hydrogen) atoms. The first-order valence-electron chi connectivity index (χ1n) is 9.54. The van der Waals surface area contributed by atoms with Crippen LogP contribution in [-0.4, -0.2) is 74.8 Å². The highest BCUT2D eigenvalue weighted by Gasteiger charge is 2.54. The Morgan fingerprint density at radius 2 is 1.90 bits per heavy atom. The average molecular weight is 453 g/mol. The summed E-state index contributed by atoms with van der Waals surface area (Å²) in [5.41, 5.74) is 0. The lowest BCUT2D eigenvalue weighted by atomic mass is 9.82. The van der Waals surface area contributed by atoms with E-state index in [4.69, 9.17) is 23.7 Å². The Kier molecular flexibility index (Phi) is 11.6. The normalized spacial score (nSPS) is 28.3. The third-order valence-electron chi connectivity index (χ3n) is 4.35. The number of hydrogen-bond acceptors (Lipinski definition) is 9. The Morgan fingerprint density at radius 3 is 2.45 bits per heavy atom. The summed E-state index contributed by atoms with van der Waals surface area (Å²) < 4.78 is 48.1. The fourth-order valence-corrected chi connectivity index (χ4v) is 3.65. The Morgan fingerprint density at radius 1 is 1.28 bits per heavy atom. The van der Waals surface area contributed by atoms with Gasteiger partial charge in [0.2, 0.25) is 6.16 Å². The maximum atomic E-state index is 12.5. The van der Waals surface area contributed by atoms with Crippen LogP contribution < -0.4 is 0 Å². The van der Waals surface area contributed by atoms with Crippen LogP contribution in [0, 0.1) is 5.92 Å². The molecule has 0 spiro atoms. The molecule has 0 aromatic carbocycles. The average Bonchev–Trinajstić information content (AvgIpc) is 3.00. The molecule has 2 aliphatic rings. The van der Waals surface area contributed by atoms with Crippen LogP contribution in [0.15, 0.2) is 0 Å². The number of ketones is 1. The number of Topliss-reactive ketones (excluding diaryl/α,β-unsaturated/α-hetero) is 1. The third-order valence-corrected chi connectivity index (χ3v) is 5.93. The third kappa shape index (κ3) is 8.44. The maximum Gasteiger partial charge on any atom is 0.354 e. The van der Waals surface area contributed by atoms with Gasteiger partial charge >= 0.3 is 13.8 Å². The lowest BCUT2D eigenvalue weighted by Crippen LogP contribution is -2.52. The lowest BCUT2D eigenvalue weighted by Gasteiger charge is -2.35.